The number of rotatable bonds is 3. The molecule has 0 unspecified atom stereocenters. The van der Waals surface area contributed by atoms with Gasteiger partial charge in [0.05, 0.1) is 4.90 Å². The fourth-order valence-electron chi connectivity index (χ4n) is 3.89. The number of likely N-dealkylation sites (tertiary alicyclic amines) is 1. The van der Waals surface area contributed by atoms with E-state index in [4.69, 9.17) is 9.47 Å². The standard InChI is InChI=1S/C18H23FN2O5S/c19-13-10-15(18(22)20-6-2-1-3-7-20)21(12-13)27(23,24)14-4-5-16-17(11-14)26-9-8-25-16/h4-5,11,13,15H,1-3,6-10,12H2/t13-,15-/m0/s1. The average molecular weight is 398 g/mol. The molecule has 1 aromatic rings. The van der Waals surface area contributed by atoms with Crippen molar-refractivity contribution < 1.29 is 27.1 Å². The van der Waals surface area contributed by atoms with Gasteiger partial charge in [0.2, 0.25) is 15.9 Å². The van der Waals surface area contributed by atoms with Gasteiger partial charge in [-0.2, -0.15) is 4.31 Å². The molecule has 0 aromatic heterocycles. The topological polar surface area (TPSA) is 76.2 Å². The maximum absolute atomic E-state index is 14.1. The Hall–Kier alpha value is -1.87. The summed E-state index contributed by atoms with van der Waals surface area (Å²) < 4.78 is 52.3. The van der Waals surface area contributed by atoms with E-state index in [9.17, 15) is 17.6 Å². The summed E-state index contributed by atoms with van der Waals surface area (Å²) in [6.45, 7) is 1.64. The van der Waals surface area contributed by atoms with Crippen molar-refractivity contribution in [2.75, 3.05) is 32.8 Å². The van der Waals surface area contributed by atoms with Gasteiger partial charge in [0.1, 0.15) is 25.4 Å². The zero-order valence-corrected chi connectivity index (χ0v) is 15.8. The van der Waals surface area contributed by atoms with Crippen molar-refractivity contribution in [3.8, 4) is 11.5 Å². The second kappa shape index (κ2) is 7.27. The summed E-state index contributed by atoms with van der Waals surface area (Å²) in [5, 5.41) is 0. The van der Waals surface area contributed by atoms with E-state index in [2.05, 4.69) is 0 Å². The Bertz CT molecular complexity index is 825. The van der Waals surface area contributed by atoms with Crippen molar-refractivity contribution in [1.29, 1.82) is 0 Å². The molecule has 2 atom stereocenters. The van der Waals surface area contributed by atoms with Crippen molar-refractivity contribution >= 4 is 15.9 Å². The molecule has 1 amide bonds. The van der Waals surface area contributed by atoms with Crippen LogP contribution in [0, 0.1) is 0 Å². The molecule has 2 saturated heterocycles. The van der Waals surface area contributed by atoms with Crippen LogP contribution in [0.1, 0.15) is 25.7 Å². The molecule has 0 spiro atoms. The summed E-state index contributed by atoms with van der Waals surface area (Å²) in [5.41, 5.74) is 0. The number of halogens is 1. The highest BCUT2D eigenvalue weighted by Crippen LogP contribution is 2.35. The quantitative estimate of drug-likeness (QED) is 0.773. The molecule has 0 saturated carbocycles. The van der Waals surface area contributed by atoms with Gasteiger partial charge in [0.15, 0.2) is 11.5 Å². The third-order valence-electron chi connectivity index (χ3n) is 5.28. The van der Waals surface area contributed by atoms with E-state index in [1.54, 1.807) is 4.90 Å². The number of amides is 1. The molecule has 1 aromatic carbocycles. The van der Waals surface area contributed by atoms with Crippen LogP contribution in [0.25, 0.3) is 0 Å². The minimum Gasteiger partial charge on any atom is -0.486 e. The van der Waals surface area contributed by atoms with Crippen LogP contribution < -0.4 is 9.47 Å². The van der Waals surface area contributed by atoms with Crippen molar-refractivity contribution in [1.82, 2.24) is 9.21 Å². The third-order valence-corrected chi connectivity index (χ3v) is 7.15. The lowest BCUT2D eigenvalue weighted by atomic mass is 10.1. The van der Waals surface area contributed by atoms with Gasteiger partial charge in [-0.15, -0.1) is 0 Å². The largest absolute Gasteiger partial charge is 0.486 e. The fraction of sp³-hybridized carbons (Fsp3) is 0.611. The summed E-state index contributed by atoms with van der Waals surface area (Å²) in [4.78, 5) is 14.5. The smallest absolute Gasteiger partial charge is 0.244 e. The van der Waals surface area contributed by atoms with E-state index >= 15 is 0 Å². The average Bonchev–Trinajstić information content (AvgIpc) is 3.10. The molecule has 0 aliphatic carbocycles. The first-order valence-corrected chi connectivity index (χ1v) is 10.7. The van der Waals surface area contributed by atoms with Crippen LogP contribution in [0.5, 0.6) is 11.5 Å². The third kappa shape index (κ3) is 3.50. The lowest BCUT2D eigenvalue weighted by Gasteiger charge is -2.32. The second-order valence-electron chi connectivity index (χ2n) is 7.11. The Labute approximate surface area is 158 Å². The predicted molar refractivity (Wildman–Crippen MR) is 95.1 cm³/mol. The number of alkyl halides is 1. The van der Waals surface area contributed by atoms with E-state index in [1.807, 2.05) is 0 Å². The van der Waals surface area contributed by atoms with E-state index in [1.165, 1.54) is 18.2 Å². The maximum Gasteiger partial charge on any atom is 0.244 e. The Kier molecular flexibility index (Phi) is 4.98. The molecule has 4 rings (SSSR count). The number of carbonyl (C=O) groups excluding carboxylic acids is 1. The Morgan fingerprint density at radius 1 is 1.07 bits per heavy atom. The summed E-state index contributed by atoms with van der Waals surface area (Å²) in [6.07, 6.45) is 1.40. The Balaban J connectivity index is 1.62. The zero-order chi connectivity index (χ0) is 19.0. The Morgan fingerprint density at radius 2 is 1.78 bits per heavy atom. The normalized spacial score (nSPS) is 26.2. The molecule has 0 radical (unpaired) electrons. The SMILES string of the molecule is O=C([C@@H]1C[C@H](F)CN1S(=O)(=O)c1ccc2c(c1)OCCO2)N1CCCCC1. The van der Waals surface area contributed by atoms with Crippen molar-refractivity contribution in [3.63, 3.8) is 0 Å². The molecule has 27 heavy (non-hydrogen) atoms. The lowest BCUT2D eigenvalue weighted by molar-refractivity contribution is -0.135. The molecule has 0 N–H and O–H groups in total. The number of benzene rings is 1. The molecule has 3 aliphatic rings. The number of ether oxygens (including phenoxy) is 2. The minimum absolute atomic E-state index is 0.0164. The van der Waals surface area contributed by atoms with Crippen molar-refractivity contribution in [2.45, 2.75) is 42.8 Å². The summed E-state index contributed by atoms with van der Waals surface area (Å²) in [7, 11) is -4.03. The lowest BCUT2D eigenvalue weighted by Crippen LogP contribution is -2.49. The van der Waals surface area contributed by atoms with Gasteiger partial charge in [0, 0.05) is 32.1 Å². The molecule has 148 valence electrons. The van der Waals surface area contributed by atoms with Crippen LogP contribution in [0.3, 0.4) is 0 Å². The summed E-state index contributed by atoms with van der Waals surface area (Å²) >= 11 is 0. The summed E-state index contributed by atoms with van der Waals surface area (Å²) in [5.74, 6) is 0.527. The predicted octanol–water partition coefficient (Wildman–Crippen LogP) is 1.57. The molecule has 3 heterocycles. The number of nitrogens with zero attached hydrogens (tertiary/aromatic N) is 2. The molecule has 0 bridgehead atoms. The van der Waals surface area contributed by atoms with E-state index in [0.29, 0.717) is 37.8 Å². The van der Waals surface area contributed by atoms with E-state index < -0.39 is 22.2 Å². The van der Waals surface area contributed by atoms with Gasteiger partial charge in [-0.25, -0.2) is 12.8 Å². The first-order chi connectivity index (χ1) is 13.0. The molecule has 7 nitrogen and oxygen atoms in total. The summed E-state index contributed by atoms with van der Waals surface area (Å²) in [6, 6.07) is 3.34. The number of hydrogen-bond donors (Lipinski definition) is 0. The molecular weight excluding hydrogens is 375 g/mol. The van der Waals surface area contributed by atoms with Crippen LogP contribution in [0.4, 0.5) is 4.39 Å². The molecule has 2 fully saturated rings. The van der Waals surface area contributed by atoms with Crippen molar-refractivity contribution in [3.05, 3.63) is 18.2 Å². The van der Waals surface area contributed by atoms with Gasteiger partial charge >= 0.3 is 0 Å². The zero-order valence-electron chi connectivity index (χ0n) is 15.0. The molecule has 9 heteroatoms. The van der Waals surface area contributed by atoms with Gasteiger partial charge < -0.3 is 14.4 Å². The minimum atomic E-state index is -4.03. The first kappa shape index (κ1) is 18.5. The van der Waals surface area contributed by atoms with E-state index in [0.717, 1.165) is 23.6 Å². The number of fused-ring (bicyclic) bond motifs is 1. The maximum atomic E-state index is 14.1. The Morgan fingerprint density at radius 3 is 2.52 bits per heavy atom. The van der Waals surface area contributed by atoms with Crippen molar-refractivity contribution in [2.24, 2.45) is 0 Å². The monoisotopic (exact) mass is 398 g/mol. The van der Waals surface area contributed by atoms with E-state index in [-0.39, 0.29) is 23.8 Å². The fourth-order valence-corrected chi connectivity index (χ4v) is 5.53. The number of hydrogen-bond acceptors (Lipinski definition) is 5. The van der Waals surface area contributed by atoms with Gasteiger partial charge in [-0.1, -0.05) is 0 Å². The highest BCUT2D eigenvalue weighted by atomic mass is 32.2. The van der Waals surface area contributed by atoms with Gasteiger partial charge in [-0.3, -0.25) is 4.79 Å². The van der Waals surface area contributed by atoms with Crippen LogP contribution >= 0.6 is 0 Å². The van der Waals surface area contributed by atoms with Crippen LogP contribution in [-0.4, -0.2) is 68.6 Å². The highest BCUT2D eigenvalue weighted by Gasteiger charge is 2.45. The molecular formula is C18H23FN2O5S. The molecule has 3 aliphatic heterocycles. The van der Waals surface area contributed by atoms with Crippen LogP contribution in [0.15, 0.2) is 23.1 Å². The van der Waals surface area contributed by atoms with Crippen LogP contribution in [0.2, 0.25) is 0 Å². The van der Waals surface area contributed by atoms with Gasteiger partial charge in [-0.05, 0) is 31.4 Å². The van der Waals surface area contributed by atoms with Gasteiger partial charge in [0.25, 0.3) is 0 Å². The number of carbonyl (C=O) groups is 1. The number of piperidine rings is 1. The van der Waals surface area contributed by atoms with Crippen LogP contribution in [-0.2, 0) is 14.8 Å². The first-order valence-electron chi connectivity index (χ1n) is 9.31. The second-order valence-corrected chi connectivity index (χ2v) is 9.01. The number of sulfonamides is 1. The highest BCUT2D eigenvalue weighted by molar-refractivity contribution is 7.89.